The lowest BCUT2D eigenvalue weighted by Crippen LogP contribution is -2.25. The molecule has 0 aliphatic heterocycles. The van der Waals surface area contributed by atoms with Gasteiger partial charge >= 0.3 is 0 Å². The largest absolute Gasteiger partial charge is 0.360 e. The Kier molecular flexibility index (Phi) is 5.40. The fraction of sp³-hybridized carbons (Fsp3) is 0.375. The van der Waals surface area contributed by atoms with Gasteiger partial charge in [0, 0.05) is 11.8 Å². The monoisotopic (exact) mass is 330 g/mol. The summed E-state index contributed by atoms with van der Waals surface area (Å²) in [6.45, 7) is 7.42. The summed E-state index contributed by atoms with van der Waals surface area (Å²) in [4.78, 5) is 16.8. The molecule has 23 heavy (non-hydrogen) atoms. The smallest absolute Gasteiger partial charge is 0.239 e. The Hall–Kier alpha value is -2.33. The molecule has 1 atom stereocenters. The van der Waals surface area contributed by atoms with E-state index >= 15 is 0 Å². The molecule has 1 amide bonds. The molecule has 7 heteroatoms. The lowest BCUT2D eigenvalue weighted by atomic mass is 10.1. The molecule has 0 unspecified atom stereocenters. The summed E-state index contributed by atoms with van der Waals surface area (Å²) in [5.74, 6) is 0.833. The van der Waals surface area contributed by atoms with Crippen molar-refractivity contribution in [1.82, 2.24) is 10.1 Å². The van der Waals surface area contributed by atoms with E-state index in [-0.39, 0.29) is 11.2 Å². The number of hydrogen-bond donors (Lipinski definition) is 1. The van der Waals surface area contributed by atoms with Gasteiger partial charge in [-0.1, -0.05) is 23.8 Å². The Bertz CT molecular complexity index is 764. The van der Waals surface area contributed by atoms with Crippen LogP contribution in [-0.4, -0.2) is 21.3 Å². The maximum atomic E-state index is 12.4. The molecular formula is C16H18N4O2S. The van der Waals surface area contributed by atoms with E-state index in [2.05, 4.69) is 21.5 Å². The molecule has 2 aromatic heterocycles. The van der Waals surface area contributed by atoms with E-state index < -0.39 is 0 Å². The van der Waals surface area contributed by atoms with E-state index in [1.807, 2.05) is 26.8 Å². The minimum absolute atomic E-state index is 0.185. The number of anilines is 1. The van der Waals surface area contributed by atoms with Gasteiger partial charge in [0.2, 0.25) is 5.91 Å². The van der Waals surface area contributed by atoms with Gasteiger partial charge in [-0.05, 0) is 38.8 Å². The summed E-state index contributed by atoms with van der Waals surface area (Å²) >= 11 is 1.30. The number of nitrogens with zero attached hydrogens (tertiary/aromatic N) is 3. The number of carbonyl (C=O) groups is 1. The van der Waals surface area contributed by atoms with Crippen LogP contribution in [0.4, 0.5) is 5.82 Å². The van der Waals surface area contributed by atoms with Gasteiger partial charge in [0.05, 0.1) is 10.8 Å². The molecule has 0 spiro atoms. The Balaban J connectivity index is 2.19. The van der Waals surface area contributed by atoms with E-state index in [1.165, 1.54) is 11.8 Å². The van der Waals surface area contributed by atoms with E-state index in [0.29, 0.717) is 28.6 Å². The van der Waals surface area contributed by atoms with Crippen molar-refractivity contribution in [1.29, 1.82) is 5.26 Å². The van der Waals surface area contributed by atoms with E-state index in [0.717, 1.165) is 11.3 Å². The highest BCUT2D eigenvalue weighted by Crippen LogP contribution is 2.29. The second-order valence-corrected chi connectivity index (χ2v) is 6.39. The van der Waals surface area contributed by atoms with Gasteiger partial charge in [0.1, 0.15) is 16.9 Å². The SMILES string of the molecule is CC[C@H](Sc1nc(C)cc(C)c1C#N)C(=O)Nc1cc(C)on1. The molecule has 0 saturated carbocycles. The number of pyridine rings is 1. The second-order valence-electron chi connectivity index (χ2n) is 5.20. The van der Waals surface area contributed by atoms with Crippen LogP contribution in [0.5, 0.6) is 0 Å². The highest BCUT2D eigenvalue weighted by molar-refractivity contribution is 8.00. The lowest BCUT2D eigenvalue weighted by Gasteiger charge is -2.14. The fourth-order valence-corrected chi connectivity index (χ4v) is 3.24. The van der Waals surface area contributed by atoms with Crippen molar-refractivity contribution in [3.05, 3.63) is 34.7 Å². The van der Waals surface area contributed by atoms with E-state index in [4.69, 9.17) is 4.52 Å². The lowest BCUT2D eigenvalue weighted by molar-refractivity contribution is -0.115. The summed E-state index contributed by atoms with van der Waals surface area (Å²) in [5, 5.41) is 16.0. The Morgan fingerprint density at radius 2 is 2.17 bits per heavy atom. The van der Waals surface area contributed by atoms with Crippen LogP contribution in [0.1, 0.15) is 35.9 Å². The van der Waals surface area contributed by atoms with Crippen molar-refractivity contribution in [3.8, 4) is 6.07 Å². The third-order valence-corrected chi connectivity index (χ3v) is 4.57. The first kappa shape index (κ1) is 17.0. The number of nitriles is 1. The molecular weight excluding hydrogens is 312 g/mol. The maximum Gasteiger partial charge on any atom is 0.239 e. The molecule has 0 aliphatic carbocycles. The van der Waals surface area contributed by atoms with Gasteiger partial charge in [-0.2, -0.15) is 5.26 Å². The van der Waals surface area contributed by atoms with Gasteiger partial charge in [0.25, 0.3) is 0 Å². The molecule has 120 valence electrons. The number of aryl methyl sites for hydroxylation is 3. The first-order valence-electron chi connectivity index (χ1n) is 7.23. The third-order valence-electron chi connectivity index (χ3n) is 3.22. The van der Waals surface area contributed by atoms with Crippen LogP contribution < -0.4 is 5.32 Å². The van der Waals surface area contributed by atoms with Crippen LogP contribution in [0.25, 0.3) is 0 Å². The van der Waals surface area contributed by atoms with E-state index in [1.54, 1.807) is 13.0 Å². The first-order valence-corrected chi connectivity index (χ1v) is 8.11. The second kappa shape index (κ2) is 7.29. The van der Waals surface area contributed by atoms with E-state index in [9.17, 15) is 10.1 Å². The zero-order valence-electron chi connectivity index (χ0n) is 13.5. The number of aromatic nitrogens is 2. The van der Waals surface area contributed by atoms with Gasteiger partial charge in [0.15, 0.2) is 5.82 Å². The van der Waals surface area contributed by atoms with Crippen LogP contribution in [0.2, 0.25) is 0 Å². The number of carbonyl (C=O) groups excluding carboxylic acids is 1. The molecule has 0 radical (unpaired) electrons. The van der Waals surface area contributed by atoms with Crippen molar-refractivity contribution >= 4 is 23.5 Å². The highest BCUT2D eigenvalue weighted by atomic mass is 32.2. The predicted octanol–water partition coefficient (Wildman–Crippen LogP) is 3.38. The van der Waals surface area contributed by atoms with Crippen molar-refractivity contribution in [2.24, 2.45) is 0 Å². The summed E-state index contributed by atoms with van der Waals surface area (Å²) in [6, 6.07) is 5.69. The number of rotatable bonds is 5. The molecule has 0 aromatic carbocycles. The third kappa shape index (κ3) is 4.11. The molecule has 6 nitrogen and oxygen atoms in total. The standard InChI is InChI=1S/C16H18N4O2S/c1-5-13(15(21)19-14-7-11(4)22-20-14)23-16-12(8-17)9(2)6-10(3)18-16/h6-7,13H,5H2,1-4H3,(H,19,20,21)/t13-/m0/s1. The van der Waals surface area contributed by atoms with Crippen LogP contribution in [0.3, 0.4) is 0 Å². The summed E-state index contributed by atoms with van der Waals surface area (Å²) in [7, 11) is 0. The zero-order valence-corrected chi connectivity index (χ0v) is 14.3. The number of nitrogens with one attached hydrogen (secondary N) is 1. The number of thioether (sulfide) groups is 1. The molecule has 0 saturated heterocycles. The zero-order chi connectivity index (χ0) is 17.0. The summed E-state index contributed by atoms with van der Waals surface area (Å²) < 4.78 is 4.94. The first-order chi connectivity index (χ1) is 10.9. The molecule has 2 aromatic rings. The van der Waals surface area contributed by atoms with Crippen molar-refractivity contribution in [2.45, 2.75) is 44.4 Å². The van der Waals surface area contributed by atoms with Crippen molar-refractivity contribution < 1.29 is 9.32 Å². The van der Waals surface area contributed by atoms with Gasteiger partial charge in [-0.25, -0.2) is 4.98 Å². The van der Waals surface area contributed by atoms with Gasteiger partial charge < -0.3 is 9.84 Å². The minimum atomic E-state index is -0.368. The summed E-state index contributed by atoms with van der Waals surface area (Å²) in [5.41, 5.74) is 2.21. The van der Waals surface area contributed by atoms with Crippen LogP contribution in [0.15, 0.2) is 21.7 Å². The van der Waals surface area contributed by atoms with Crippen LogP contribution >= 0.6 is 11.8 Å². The topological polar surface area (TPSA) is 91.8 Å². The van der Waals surface area contributed by atoms with Gasteiger partial charge in [-0.3, -0.25) is 4.79 Å². The van der Waals surface area contributed by atoms with Crippen molar-refractivity contribution in [3.63, 3.8) is 0 Å². The Labute approximate surface area is 139 Å². The average Bonchev–Trinajstić information content (AvgIpc) is 2.89. The van der Waals surface area contributed by atoms with Crippen LogP contribution in [-0.2, 0) is 4.79 Å². The Morgan fingerprint density at radius 1 is 1.43 bits per heavy atom. The molecule has 2 heterocycles. The highest BCUT2D eigenvalue weighted by Gasteiger charge is 2.22. The van der Waals surface area contributed by atoms with Gasteiger partial charge in [-0.15, -0.1) is 0 Å². The molecule has 0 bridgehead atoms. The molecule has 2 rings (SSSR count). The minimum Gasteiger partial charge on any atom is -0.360 e. The predicted molar refractivity (Wildman–Crippen MR) is 88.2 cm³/mol. The fourth-order valence-electron chi connectivity index (χ4n) is 2.11. The maximum absolute atomic E-state index is 12.4. The number of amides is 1. The normalized spacial score (nSPS) is 11.8. The molecule has 0 aliphatic rings. The summed E-state index contributed by atoms with van der Waals surface area (Å²) in [6.07, 6.45) is 0.604. The van der Waals surface area contributed by atoms with Crippen LogP contribution in [0, 0.1) is 32.1 Å². The quantitative estimate of drug-likeness (QED) is 0.845. The van der Waals surface area contributed by atoms with Crippen molar-refractivity contribution in [2.75, 3.05) is 5.32 Å². The Morgan fingerprint density at radius 3 is 2.74 bits per heavy atom. The number of hydrogen-bond acceptors (Lipinski definition) is 6. The molecule has 1 N–H and O–H groups in total. The average molecular weight is 330 g/mol. The molecule has 0 fully saturated rings.